The molecule has 4 aromatic rings. The van der Waals surface area contributed by atoms with Gasteiger partial charge in [-0.05, 0) is 48.2 Å². The van der Waals surface area contributed by atoms with E-state index in [4.69, 9.17) is 9.15 Å². The number of nitrogens with zero attached hydrogens (tertiary/aromatic N) is 1. The molecule has 0 spiro atoms. The molecule has 0 saturated carbocycles. The lowest BCUT2D eigenvalue weighted by molar-refractivity contribution is -0.119. The lowest BCUT2D eigenvalue weighted by atomic mass is 10.0. The number of hydrogen-bond donors (Lipinski definition) is 1. The number of carbonyl (C=O) groups is 2. The minimum atomic E-state index is -0.592. The fourth-order valence-electron chi connectivity index (χ4n) is 3.68. The van der Waals surface area contributed by atoms with Gasteiger partial charge in [-0.1, -0.05) is 50.2 Å². The molecular formula is C26H24N2O4. The van der Waals surface area contributed by atoms with Gasteiger partial charge in [-0.25, -0.2) is 9.78 Å². The molecule has 2 heterocycles. The average Bonchev–Trinajstić information content (AvgIpc) is 3.37. The maximum Gasteiger partial charge on any atom is 0.339 e. The van der Waals surface area contributed by atoms with Gasteiger partial charge in [0.05, 0.1) is 17.3 Å². The Kier molecular flexibility index (Phi) is 6.31. The number of amides is 1. The van der Waals surface area contributed by atoms with E-state index in [0.717, 1.165) is 29.7 Å². The number of hydrogen-bond acceptors (Lipinski definition) is 5. The fraction of sp³-hybridized carbons (Fsp3) is 0.192. The highest BCUT2D eigenvalue weighted by atomic mass is 16.5. The van der Waals surface area contributed by atoms with Crippen LogP contribution in [0.1, 0.15) is 35.3 Å². The minimum absolute atomic E-state index is 0.331. The molecule has 0 aliphatic carbocycles. The van der Waals surface area contributed by atoms with Crippen LogP contribution in [0.4, 0.5) is 5.69 Å². The summed E-state index contributed by atoms with van der Waals surface area (Å²) in [5, 5.41) is 3.57. The van der Waals surface area contributed by atoms with Gasteiger partial charge in [0.15, 0.2) is 12.4 Å². The second-order valence-corrected chi connectivity index (χ2v) is 7.33. The molecule has 32 heavy (non-hydrogen) atoms. The Bertz CT molecular complexity index is 1240. The van der Waals surface area contributed by atoms with Crippen molar-refractivity contribution in [3.63, 3.8) is 0 Å². The third-order valence-electron chi connectivity index (χ3n) is 5.31. The van der Waals surface area contributed by atoms with Crippen LogP contribution in [0.2, 0.25) is 0 Å². The van der Waals surface area contributed by atoms with Gasteiger partial charge in [0.25, 0.3) is 5.91 Å². The number of para-hydroxylation sites is 2. The number of rotatable bonds is 7. The maximum absolute atomic E-state index is 12.9. The Morgan fingerprint density at radius 2 is 1.72 bits per heavy atom. The van der Waals surface area contributed by atoms with Crippen molar-refractivity contribution in [1.82, 2.24) is 4.98 Å². The summed E-state index contributed by atoms with van der Waals surface area (Å²) in [7, 11) is 0. The van der Waals surface area contributed by atoms with Gasteiger partial charge in [-0.2, -0.15) is 0 Å². The summed E-state index contributed by atoms with van der Waals surface area (Å²) in [6, 6.07) is 18.4. The number of nitrogens with one attached hydrogen (secondary N) is 1. The molecule has 2 aromatic heterocycles. The van der Waals surface area contributed by atoms with Crippen molar-refractivity contribution in [3.8, 4) is 11.5 Å². The number of carbonyl (C=O) groups excluding carboxylic acids is 2. The molecule has 162 valence electrons. The first-order valence-electron chi connectivity index (χ1n) is 10.6. The van der Waals surface area contributed by atoms with Crippen LogP contribution in [0.3, 0.4) is 0 Å². The topological polar surface area (TPSA) is 81.4 Å². The Morgan fingerprint density at radius 1 is 0.969 bits per heavy atom. The standard InChI is InChI=1S/C26H24N2O4/c1-3-17-9-7-10-18(4-2)25(17)28-24(29)16-32-26(30)20-15-22(23-13-8-14-31-23)27-21-12-6-5-11-19(20)21/h5-15H,3-4,16H2,1-2H3,(H,28,29). The largest absolute Gasteiger partial charge is 0.463 e. The molecule has 6 nitrogen and oxygen atoms in total. The first-order valence-corrected chi connectivity index (χ1v) is 10.6. The van der Waals surface area contributed by atoms with Crippen molar-refractivity contribution < 1.29 is 18.7 Å². The number of aromatic nitrogens is 1. The molecule has 1 amide bonds. The number of furan rings is 1. The van der Waals surface area contributed by atoms with E-state index in [-0.39, 0.29) is 12.5 Å². The van der Waals surface area contributed by atoms with Crippen LogP contribution in [0.5, 0.6) is 0 Å². The van der Waals surface area contributed by atoms with E-state index in [1.165, 1.54) is 0 Å². The molecular weight excluding hydrogens is 404 g/mol. The highest BCUT2D eigenvalue weighted by Crippen LogP contribution is 2.26. The number of aryl methyl sites for hydroxylation is 2. The van der Waals surface area contributed by atoms with Crippen molar-refractivity contribution in [3.05, 3.63) is 83.6 Å². The van der Waals surface area contributed by atoms with Crippen LogP contribution < -0.4 is 5.32 Å². The number of fused-ring (bicyclic) bond motifs is 1. The maximum atomic E-state index is 12.9. The van der Waals surface area contributed by atoms with Crippen molar-refractivity contribution >= 4 is 28.5 Å². The third-order valence-corrected chi connectivity index (χ3v) is 5.31. The van der Waals surface area contributed by atoms with Gasteiger partial charge in [0, 0.05) is 11.1 Å². The first-order chi connectivity index (χ1) is 15.6. The van der Waals surface area contributed by atoms with E-state index in [1.54, 1.807) is 30.5 Å². The van der Waals surface area contributed by atoms with Gasteiger partial charge in [-0.15, -0.1) is 0 Å². The first kappa shape index (κ1) is 21.3. The summed E-state index contributed by atoms with van der Waals surface area (Å²) in [4.78, 5) is 30.1. The summed E-state index contributed by atoms with van der Waals surface area (Å²) in [5.41, 5.74) is 4.39. The zero-order valence-electron chi connectivity index (χ0n) is 18.1. The summed E-state index contributed by atoms with van der Waals surface area (Å²) >= 11 is 0. The lowest BCUT2D eigenvalue weighted by Crippen LogP contribution is -2.22. The molecule has 1 N–H and O–H groups in total. The van der Waals surface area contributed by atoms with Gasteiger partial charge in [0.1, 0.15) is 5.69 Å². The van der Waals surface area contributed by atoms with Crippen molar-refractivity contribution in [2.45, 2.75) is 26.7 Å². The van der Waals surface area contributed by atoms with Crippen LogP contribution in [0, 0.1) is 0 Å². The Morgan fingerprint density at radius 3 is 2.41 bits per heavy atom. The van der Waals surface area contributed by atoms with Gasteiger partial charge in [-0.3, -0.25) is 4.79 Å². The molecule has 0 bridgehead atoms. The smallest absolute Gasteiger partial charge is 0.339 e. The SMILES string of the molecule is CCc1cccc(CC)c1NC(=O)COC(=O)c1cc(-c2ccco2)nc2ccccc12. The Hall–Kier alpha value is -3.93. The van der Waals surface area contributed by atoms with E-state index in [0.29, 0.717) is 27.9 Å². The molecule has 2 aromatic carbocycles. The van der Waals surface area contributed by atoms with Crippen LogP contribution in [0.15, 0.2) is 71.3 Å². The highest BCUT2D eigenvalue weighted by Gasteiger charge is 2.18. The van der Waals surface area contributed by atoms with Crippen LogP contribution in [-0.2, 0) is 22.4 Å². The normalized spacial score (nSPS) is 10.8. The summed E-state index contributed by atoms with van der Waals surface area (Å²) in [5.74, 6) is -0.421. The minimum Gasteiger partial charge on any atom is -0.463 e. The molecule has 0 fully saturated rings. The number of esters is 1. The Labute approximate surface area is 186 Å². The van der Waals surface area contributed by atoms with E-state index < -0.39 is 5.97 Å². The molecule has 0 atom stereocenters. The quantitative estimate of drug-likeness (QED) is 0.398. The lowest BCUT2D eigenvalue weighted by Gasteiger charge is -2.14. The zero-order valence-corrected chi connectivity index (χ0v) is 18.1. The number of pyridine rings is 1. The van der Waals surface area contributed by atoms with Gasteiger partial charge < -0.3 is 14.5 Å². The second kappa shape index (κ2) is 9.47. The predicted molar refractivity (Wildman–Crippen MR) is 124 cm³/mol. The summed E-state index contributed by atoms with van der Waals surface area (Å²) < 4.78 is 10.8. The van der Waals surface area contributed by atoms with Crippen LogP contribution in [0.25, 0.3) is 22.4 Å². The monoisotopic (exact) mass is 428 g/mol. The highest BCUT2D eigenvalue weighted by molar-refractivity contribution is 6.05. The van der Waals surface area contributed by atoms with Crippen molar-refractivity contribution in [2.24, 2.45) is 0 Å². The molecule has 0 unspecified atom stereocenters. The Balaban J connectivity index is 1.54. The molecule has 0 radical (unpaired) electrons. The van der Waals surface area contributed by atoms with E-state index in [1.807, 2.05) is 50.2 Å². The molecule has 6 heteroatoms. The van der Waals surface area contributed by atoms with E-state index >= 15 is 0 Å². The predicted octanol–water partition coefficient (Wildman–Crippen LogP) is 5.42. The van der Waals surface area contributed by atoms with Crippen molar-refractivity contribution in [1.29, 1.82) is 0 Å². The van der Waals surface area contributed by atoms with Crippen LogP contribution >= 0.6 is 0 Å². The molecule has 0 aliphatic rings. The molecule has 0 saturated heterocycles. The third kappa shape index (κ3) is 4.39. The number of ether oxygens (including phenoxy) is 1. The molecule has 4 rings (SSSR count). The second-order valence-electron chi connectivity index (χ2n) is 7.33. The summed E-state index contributed by atoms with van der Waals surface area (Å²) in [6.45, 7) is 3.69. The zero-order chi connectivity index (χ0) is 22.5. The van der Waals surface area contributed by atoms with Gasteiger partial charge in [0.2, 0.25) is 0 Å². The van der Waals surface area contributed by atoms with Crippen molar-refractivity contribution in [2.75, 3.05) is 11.9 Å². The molecule has 0 aliphatic heterocycles. The average molecular weight is 428 g/mol. The fourth-order valence-corrected chi connectivity index (χ4v) is 3.68. The number of benzene rings is 2. The number of anilines is 1. The van der Waals surface area contributed by atoms with Crippen LogP contribution in [-0.4, -0.2) is 23.5 Å². The summed E-state index contributed by atoms with van der Waals surface area (Å²) in [6.07, 6.45) is 3.14. The van der Waals surface area contributed by atoms with E-state index in [2.05, 4.69) is 10.3 Å². The van der Waals surface area contributed by atoms with E-state index in [9.17, 15) is 9.59 Å². The van der Waals surface area contributed by atoms with Gasteiger partial charge >= 0.3 is 5.97 Å².